The molecule has 0 bridgehead atoms. The molecule has 0 aliphatic heterocycles. The summed E-state index contributed by atoms with van der Waals surface area (Å²) in [5, 5.41) is 12.0. The highest BCUT2D eigenvalue weighted by Gasteiger charge is 2.32. The highest BCUT2D eigenvalue weighted by atomic mass is 16.4. The van der Waals surface area contributed by atoms with Crippen LogP contribution in [0.5, 0.6) is 0 Å². The predicted molar refractivity (Wildman–Crippen MR) is 72.1 cm³/mol. The van der Waals surface area contributed by atoms with Crippen molar-refractivity contribution in [1.82, 2.24) is 4.98 Å². The van der Waals surface area contributed by atoms with Crippen molar-refractivity contribution in [3.8, 4) is 0 Å². The molecule has 5 nitrogen and oxygen atoms in total. The first-order valence-electron chi connectivity index (χ1n) is 6.22. The number of nitrogens with two attached hydrogens (primary N) is 1. The van der Waals surface area contributed by atoms with E-state index in [1.54, 1.807) is 6.20 Å². The molecule has 3 N–H and O–H groups in total. The molecule has 1 unspecified atom stereocenters. The van der Waals surface area contributed by atoms with Gasteiger partial charge in [-0.25, -0.2) is 4.98 Å². The smallest absolute Gasteiger partial charge is 0.174 e. The van der Waals surface area contributed by atoms with Crippen LogP contribution in [0.1, 0.15) is 30.9 Å². The average molecular weight is 248 g/mol. The molecule has 1 heterocycles. The maximum absolute atomic E-state index is 8.90. The first kappa shape index (κ1) is 12.7. The van der Waals surface area contributed by atoms with Crippen molar-refractivity contribution in [2.45, 2.75) is 32.7 Å². The third-order valence-electron chi connectivity index (χ3n) is 3.75. The Bertz CT molecular complexity index is 468. The van der Waals surface area contributed by atoms with E-state index in [9.17, 15) is 0 Å². The molecule has 0 amide bonds. The fourth-order valence-electron chi connectivity index (χ4n) is 2.27. The third kappa shape index (κ3) is 2.25. The molecule has 0 aromatic carbocycles. The molecular formula is C13H20N4O. The van der Waals surface area contributed by atoms with Gasteiger partial charge in [0.05, 0.1) is 5.56 Å². The number of oxime groups is 1. The summed E-state index contributed by atoms with van der Waals surface area (Å²) >= 11 is 0. The molecule has 18 heavy (non-hydrogen) atoms. The van der Waals surface area contributed by atoms with Gasteiger partial charge in [0.25, 0.3) is 0 Å². The Kier molecular flexibility index (Phi) is 3.41. The lowest BCUT2D eigenvalue weighted by molar-refractivity contribution is 0.318. The van der Waals surface area contributed by atoms with E-state index in [4.69, 9.17) is 10.9 Å². The monoisotopic (exact) mass is 248 g/mol. The number of aromatic nitrogens is 1. The van der Waals surface area contributed by atoms with Gasteiger partial charge in [-0.1, -0.05) is 5.16 Å². The molecule has 2 rings (SSSR count). The normalized spacial score (nSPS) is 17.6. The molecule has 0 saturated heterocycles. The quantitative estimate of drug-likeness (QED) is 0.368. The fourth-order valence-corrected chi connectivity index (χ4v) is 2.27. The van der Waals surface area contributed by atoms with Crippen LogP contribution in [0.3, 0.4) is 0 Å². The largest absolute Gasteiger partial charge is 0.409 e. The van der Waals surface area contributed by atoms with E-state index in [1.165, 1.54) is 12.8 Å². The number of hydrogen-bond donors (Lipinski definition) is 2. The minimum absolute atomic E-state index is 0.116. The van der Waals surface area contributed by atoms with E-state index in [1.807, 2.05) is 20.0 Å². The second-order valence-corrected chi connectivity index (χ2v) is 5.00. The molecule has 5 heteroatoms. The van der Waals surface area contributed by atoms with Crippen molar-refractivity contribution in [3.05, 3.63) is 23.4 Å². The molecule has 1 fully saturated rings. The van der Waals surface area contributed by atoms with Crippen molar-refractivity contribution in [2.24, 2.45) is 16.8 Å². The second-order valence-electron chi connectivity index (χ2n) is 5.00. The number of aryl methyl sites for hydroxylation is 1. The molecule has 1 aromatic rings. The van der Waals surface area contributed by atoms with Crippen LogP contribution in [0.4, 0.5) is 5.82 Å². The summed E-state index contributed by atoms with van der Waals surface area (Å²) in [5.74, 6) is 1.63. The lowest BCUT2D eigenvalue weighted by Gasteiger charge is -2.28. The van der Waals surface area contributed by atoms with Gasteiger partial charge in [-0.3, -0.25) is 0 Å². The Morgan fingerprint density at radius 2 is 2.28 bits per heavy atom. The molecule has 98 valence electrons. The molecule has 1 aliphatic carbocycles. The average Bonchev–Trinajstić information content (AvgIpc) is 3.20. The number of rotatable bonds is 4. The van der Waals surface area contributed by atoms with Crippen LogP contribution >= 0.6 is 0 Å². The SMILES string of the molecule is Cc1ccnc(N(C)C(C)C2CC2)c1/C(N)=N/O. The fraction of sp³-hybridized carbons (Fsp3) is 0.538. The van der Waals surface area contributed by atoms with Crippen LogP contribution in [0, 0.1) is 12.8 Å². The van der Waals surface area contributed by atoms with Crippen LogP contribution in [-0.4, -0.2) is 29.1 Å². The zero-order chi connectivity index (χ0) is 13.3. The Hall–Kier alpha value is -1.78. The van der Waals surface area contributed by atoms with Crippen LogP contribution in [-0.2, 0) is 0 Å². The van der Waals surface area contributed by atoms with E-state index < -0.39 is 0 Å². The molecule has 0 radical (unpaired) electrons. The summed E-state index contributed by atoms with van der Waals surface area (Å²) in [5.41, 5.74) is 7.44. The zero-order valence-electron chi connectivity index (χ0n) is 11.1. The minimum Gasteiger partial charge on any atom is -0.409 e. The molecular weight excluding hydrogens is 228 g/mol. The van der Waals surface area contributed by atoms with Crippen LogP contribution in [0.2, 0.25) is 0 Å². The summed E-state index contributed by atoms with van der Waals surface area (Å²) in [7, 11) is 2.01. The predicted octanol–water partition coefficient (Wildman–Crippen LogP) is 1.72. The maximum atomic E-state index is 8.90. The minimum atomic E-state index is 0.116. The first-order valence-corrected chi connectivity index (χ1v) is 6.22. The Balaban J connectivity index is 2.40. The van der Waals surface area contributed by atoms with Crippen LogP contribution in [0.25, 0.3) is 0 Å². The molecule has 1 saturated carbocycles. The Labute approximate surface area is 107 Å². The summed E-state index contributed by atoms with van der Waals surface area (Å²) < 4.78 is 0. The van der Waals surface area contributed by atoms with E-state index in [2.05, 4.69) is 22.0 Å². The Morgan fingerprint density at radius 3 is 2.83 bits per heavy atom. The van der Waals surface area contributed by atoms with Crippen molar-refractivity contribution in [2.75, 3.05) is 11.9 Å². The first-order chi connectivity index (χ1) is 8.56. The summed E-state index contributed by atoms with van der Waals surface area (Å²) in [6.07, 6.45) is 4.31. The van der Waals surface area contributed by atoms with E-state index in [-0.39, 0.29) is 5.84 Å². The van der Waals surface area contributed by atoms with E-state index >= 15 is 0 Å². The summed E-state index contributed by atoms with van der Waals surface area (Å²) in [6.45, 7) is 4.13. The second kappa shape index (κ2) is 4.84. The van der Waals surface area contributed by atoms with Gasteiger partial charge >= 0.3 is 0 Å². The zero-order valence-corrected chi connectivity index (χ0v) is 11.1. The highest BCUT2D eigenvalue weighted by molar-refractivity contribution is 6.02. The third-order valence-corrected chi connectivity index (χ3v) is 3.75. The lowest BCUT2D eigenvalue weighted by atomic mass is 10.1. The van der Waals surface area contributed by atoms with Gasteiger partial charge in [0, 0.05) is 19.3 Å². The number of amidine groups is 1. The van der Waals surface area contributed by atoms with E-state index in [0.29, 0.717) is 6.04 Å². The summed E-state index contributed by atoms with van der Waals surface area (Å²) in [6, 6.07) is 2.29. The van der Waals surface area contributed by atoms with Crippen molar-refractivity contribution in [1.29, 1.82) is 0 Å². The molecule has 1 aliphatic rings. The van der Waals surface area contributed by atoms with Gasteiger partial charge in [-0.15, -0.1) is 0 Å². The lowest BCUT2D eigenvalue weighted by Crippen LogP contribution is -2.33. The standard InChI is InChI=1S/C13H20N4O/c1-8-6-7-15-13(11(8)12(14)16-18)17(3)9(2)10-4-5-10/h6-7,9-10,18H,4-5H2,1-3H3,(H2,14,16). The van der Waals surface area contributed by atoms with E-state index in [0.717, 1.165) is 22.9 Å². The number of pyridine rings is 1. The summed E-state index contributed by atoms with van der Waals surface area (Å²) in [4.78, 5) is 6.52. The molecule has 1 atom stereocenters. The number of hydrogen-bond acceptors (Lipinski definition) is 4. The molecule has 1 aromatic heterocycles. The topological polar surface area (TPSA) is 74.7 Å². The maximum Gasteiger partial charge on any atom is 0.174 e. The van der Waals surface area contributed by atoms with Gasteiger partial charge < -0.3 is 15.8 Å². The van der Waals surface area contributed by atoms with Crippen molar-refractivity contribution >= 4 is 11.7 Å². The van der Waals surface area contributed by atoms with Crippen molar-refractivity contribution < 1.29 is 5.21 Å². The van der Waals surface area contributed by atoms with Gasteiger partial charge in [-0.05, 0) is 44.2 Å². The van der Waals surface area contributed by atoms with Gasteiger partial charge in [0.1, 0.15) is 5.82 Å². The molecule has 0 spiro atoms. The van der Waals surface area contributed by atoms with Gasteiger partial charge in [0.2, 0.25) is 0 Å². The van der Waals surface area contributed by atoms with Gasteiger partial charge in [-0.2, -0.15) is 0 Å². The number of anilines is 1. The Morgan fingerprint density at radius 1 is 1.61 bits per heavy atom. The van der Waals surface area contributed by atoms with Crippen LogP contribution < -0.4 is 10.6 Å². The number of nitrogens with zero attached hydrogens (tertiary/aromatic N) is 3. The van der Waals surface area contributed by atoms with Crippen LogP contribution in [0.15, 0.2) is 17.4 Å². The highest BCUT2D eigenvalue weighted by Crippen LogP contribution is 2.36. The van der Waals surface area contributed by atoms with Gasteiger partial charge in [0.15, 0.2) is 5.84 Å². The van der Waals surface area contributed by atoms with Crippen molar-refractivity contribution in [3.63, 3.8) is 0 Å².